The Morgan fingerprint density at radius 3 is 2.82 bits per heavy atom. The highest BCUT2D eigenvalue weighted by Gasteiger charge is 2.34. The fourth-order valence-corrected chi connectivity index (χ4v) is 4.59. The third kappa shape index (κ3) is 3.42. The molecule has 6 rings (SSSR count). The number of imidazole rings is 1. The van der Waals surface area contributed by atoms with Gasteiger partial charge >= 0.3 is 5.82 Å². The number of aryl methyl sites for hydroxylation is 1. The summed E-state index contributed by atoms with van der Waals surface area (Å²) >= 11 is 0. The van der Waals surface area contributed by atoms with Gasteiger partial charge in [0, 0.05) is 17.8 Å². The molecule has 0 N–H and O–H groups in total. The van der Waals surface area contributed by atoms with Gasteiger partial charge in [-0.3, -0.25) is 0 Å². The number of para-hydroxylation sites is 1. The van der Waals surface area contributed by atoms with Crippen LogP contribution in [0.15, 0.2) is 88.4 Å². The molecule has 0 radical (unpaired) electrons. The molecule has 0 amide bonds. The van der Waals surface area contributed by atoms with Crippen molar-refractivity contribution in [2.45, 2.75) is 6.42 Å². The summed E-state index contributed by atoms with van der Waals surface area (Å²) in [5.74, 6) is 3.53. The van der Waals surface area contributed by atoms with Gasteiger partial charge in [-0.1, -0.05) is 36.4 Å². The minimum Gasteiger partial charge on any atom is -0.433 e. The van der Waals surface area contributed by atoms with Crippen molar-refractivity contribution in [3.8, 4) is 5.82 Å². The van der Waals surface area contributed by atoms with Gasteiger partial charge in [0.1, 0.15) is 32.0 Å². The zero-order valence-electron chi connectivity index (χ0n) is 19.1. The highest BCUT2D eigenvalue weighted by molar-refractivity contribution is 5.83. The van der Waals surface area contributed by atoms with Crippen molar-refractivity contribution in [1.82, 2.24) is 9.55 Å². The van der Waals surface area contributed by atoms with Gasteiger partial charge in [-0.25, -0.2) is 9.55 Å². The van der Waals surface area contributed by atoms with Crippen LogP contribution in [0.4, 0.5) is 17.3 Å². The number of pyridine rings is 1. The van der Waals surface area contributed by atoms with Gasteiger partial charge in [-0.2, -0.15) is 0 Å². The summed E-state index contributed by atoms with van der Waals surface area (Å²) in [6.07, 6.45) is 12.7. The Hall–Kier alpha value is -4.39. The van der Waals surface area contributed by atoms with Crippen LogP contribution in [0.25, 0.3) is 23.1 Å². The summed E-state index contributed by atoms with van der Waals surface area (Å²) in [5.41, 5.74) is 3.31. The molecular formula is C27H25N5O2+2. The molecule has 0 bridgehead atoms. The van der Waals surface area contributed by atoms with Crippen molar-refractivity contribution in [3.63, 3.8) is 0 Å². The van der Waals surface area contributed by atoms with E-state index >= 15 is 0 Å². The van der Waals surface area contributed by atoms with Crippen LogP contribution in [0, 0.1) is 0 Å². The average Bonchev–Trinajstić information content (AvgIpc) is 3.63. The van der Waals surface area contributed by atoms with E-state index in [0.717, 1.165) is 34.7 Å². The summed E-state index contributed by atoms with van der Waals surface area (Å²) in [6.45, 7) is 0.652. The van der Waals surface area contributed by atoms with E-state index in [9.17, 15) is 0 Å². The van der Waals surface area contributed by atoms with Gasteiger partial charge in [-0.15, -0.1) is 9.14 Å². The largest absolute Gasteiger partial charge is 0.465 e. The smallest absolute Gasteiger partial charge is 0.433 e. The molecule has 0 atom stereocenters. The summed E-state index contributed by atoms with van der Waals surface area (Å²) in [4.78, 5) is 7.27. The molecule has 0 fully saturated rings. The highest BCUT2D eigenvalue weighted by Crippen LogP contribution is 2.27. The maximum absolute atomic E-state index is 5.47. The molecule has 5 aromatic rings. The van der Waals surface area contributed by atoms with Crippen LogP contribution in [-0.4, -0.2) is 33.9 Å². The predicted molar refractivity (Wildman–Crippen MR) is 131 cm³/mol. The van der Waals surface area contributed by atoms with Crippen LogP contribution < -0.4 is 9.47 Å². The minimum atomic E-state index is 0.546. The van der Waals surface area contributed by atoms with E-state index in [-0.39, 0.29) is 0 Å². The quantitative estimate of drug-likeness (QED) is 0.349. The molecule has 1 aliphatic rings. The normalized spacial score (nSPS) is 13.1. The van der Waals surface area contributed by atoms with Crippen molar-refractivity contribution in [1.29, 1.82) is 0 Å². The zero-order valence-corrected chi connectivity index (χ0v) is 19.1. The number of nitrogens with zero attached hydrogens (tertiary/aromatic N) is 5. The van der Waals surface area contributed by atoms with Gasteiger partial charge in [0.05, 0.1) is 18.1 Å². The second-order valence-corrected chi connectivity index (χ2v) is 8.38. The number of aromatic nitrogens is 3. The number of anilines is 2. The van der Waals surface area contributed by atoms with Crippen LogP contribution in [0.2, 0.25) is 0 Å². The van der Waals surface area contributed by atoms with E-state index in [0.29, 0.717) is 12.3 Å². The molecule has 4 aromatic heterocycles. The summed E-state index contributed by atoms with van der Waals surface area (Å²) in [6, 6.07) is 18.4. The van der Waals surface area contributed by atoms with Gasteiger partial charge in [0.25, 0.3) is 12.1 Å². The maximum Gasteiger partial charge on any atom is 0.465 e. The van der Waals surface area contributed by atoms with Crippen LogP contribution in [-0.2, 0) is 13.5 Å². The van der Waals surface area contributed by atoms with Crippen molar-refractivity contribution >= 4 is 40.8 Å². The standard InChI is InChI=1S/C27H25N5O2/c1-29-16-13-23-26(29)30(2)19-32(23)25-12-6-11-24(28-25)31(21-9-4-3-5-10-21)15-7-8-20-18-34-27-22(20)14-17-33-27/h3-12,14,16-19H,13,15H2,1-2H3/q+2. The maximum atomic E-state index is 5.47. The molecule has 0 unspecified atom stereocenters. The Morgan fingerprint density at radius 1 is 1.06 bits per heavy atom. The SMILES string of the molecule is C[N+]1=CCc2c1[n+](C)cn2-c1cccc(N(CC=Cc2coc3occc23)c2ccccc2)n1. The van der Waals surface area contributed by atoms with E-state index in [2.05, 4.69) is 87.7 Å². The monoisotopic (exact) mass is 451 g/mol. The van der Waals surface area contributed by atoms with Crippen molar-refractivity contribution in [2.75, 3.05) is 18.5 Å². The summed E-state index contributed by atoms with van der Waals surface area (Å²) in [7, 11) is 4.16. The van der Waals surface area contributed by atoms with E-state index in [1.54, 1.807) is 12.5 Å². The zero-order chi connectivity index (χ0) is 23.1. The lowest BCUT2D eigenvalue weighted by molar-refractivity contribution is -0.715. The fraction of sp³-hybridized carbons (Fsp3) is 0.148. The minimum absolute atomic E-state index is 0.546. The lowest BCUT2D eigenvalue weighted by Gasteiger charge is -2.23. The van der Waals surface area contributed by atoms with Crippen molar-refractivity contribution < 1.29 is 18.0 Å². The van der Waals surface area contributed by atoms with Gasteiger partial charge in [0.2, 0.25) is 0 Å². The molecule has 7 heteroatoms. The highest BCUT2D eigenvalue weighted by atomic mass is 16.5. The molecule has 7 nitrogen and oxygen atoms in total. The Bertz CT molecular complexity index is 1540. The predicted octanol–water partition coefficient (Wildman–Crippen LogP) is 4.79. The van der Waals surface area contributed by atoms with Gasteiger partial charge in [0.15, 0.2) is 11.9 Å². The first-order valence-corrected chi connectivity index (χ1v) is 11.3. The fourth-order valence-electron chi connectivity index (χ4n) is 4.59. The first-order valence-electron chi connectivity index (χ1n) is 11.3. The number of hydrogen-bond acceptors (Lipinski definition) is 4. The Morgan fingerprint density at radius 2 is 1.94 bits per heavy atom. The molecule has 34 heavy (non-hydrogen) atoms. The van der Waals surface area contributed by atoms with Crippen LogP contribution >= 0.6 is 0 Å². The molecule has 1 aromatic carbocycles. The van der Waals surface area contributed by atoms with E-state index in [1.807, 2.05) is 24.3 Å². The van der Waals surface area contributed by atoms with Gasteiger partial charge < -0.3 is 13.7 Å². The second kappa shape index (κ2) is 8.19. The number of furan rings is 2. The van der Waals surface area contributed by atoms with Crippen molar-refractivity contribution in [2.24, 2.45) is 7.05 Å². The summed E-state index contributed by atoms with van der Waals surface area (Å²) in [5, 5.41) is 0.971. The molecule has 0 saturated carbocycles. The molecule has 1 aliphatic heterocycles. The number of rotatable bonds is 6. The number of hydrogen-bond donors (Lipinski definition) is 0. The van der Waals surface area contributed by atoms with Crippen LogP contribution in [0.1, 0.15) is 11.3 Å². The van der Waals surface area contributed by atoms with Crippen LogP contribution in [0.5, 0.6) is 0 Å². The topological polar surface area (TPSA) is 54.2 Å². The molecule has 168 valence electrons. The third-order valence-electron chi connectivity index (χ3n) is 6.19. The molecular weight excluding hydrogens is 426 g/mol. The molecule has 0 spiro atoms. The first kappa shape index (κ1) is 20.2. The van der Waals surface area contributed by atoms with E-state index < -0.39 is 0 Å². The lowest BCUT2D eigenvalue weighted by atomic mass is 10.2. The Labute approximate surface area is 197 Å². The third-order valence-corrected chi connectivity index (χ3v) is 6.19. The van der Waals surface area contributed by atoms with E-state index in [1.165, 1.54) is 11.5 Å². The molecule has 5 heterocycles. The summed E-state index contributed by atoms with van der Waals surface area (Å²) < 4.78 is 17.3. The number of fused-ring (bicyclic) bond motifs is 2. The van der Waals surface area contributed by atoms with Crippen LogP contribution in [0.3, 0.4) is 0 Å². The Kier molecular flexibility index (Phi) is 4.87. The Balaban J connectivity index is 1.35. The average molecular weight is 452 g/mol. The van der Waals surface area contributed by atoms with Gasteiger partial charge in [-0.05, 0) is 30.3 Å². The van der Waals surface area contributed by atoms with Crippen molar-refractivity contribution in [3.05, 3.63) is 90.8 Å². The molecule has 0 saturated heterocycles. The lowest BCUT2D eigenvalue weighted by Crippen LogP contribution is -2.29. The second-order valence-electron chi connectivity index (χ2n) is 8.38. The van der Waals surface area contributed by atoms with E-state index in [4.69, 9.17) is 13.8 Å². The number of benzene rings is 1. The molecule has 0 aliphatic carbocycles. The first-order chi connectivity index (χ1) is 16.7.